The van der Waals surface area contributed by atoms with Gasteiger partial charge in [0.05, 0.1) is 12.2 Å². The molecule has 0 saturated carbocycles. The number of anilines is 1. The lowest BCUT2D eigenvalue weighted by Gasteiger charge is -2.29. The van der Waals surface area contributed by atoms with E-state index in [0.717, 1.165) is 16.9 Å². The number of esters is 1. The van der Waals surface area contributed by atoms with Crippen LogP contribution in [0.1, 0.15) is 39.2 Å². The summed E-state index contributed by atoms with van der Waals surface area (Å²) in [6.45, 7) is 6.68. The topological polar surface area (TPSA) is 114 Å². The Morgan fingerprint density at radius 2 is 1.94 bits per heavy atom. The maximum Gasteiger partial charge on any atom is 0.305 e. The van der Waals surface area contributed by atoms with E-state index in [1.54, 1.807) is 25.1 Å². The fraction of sp³-hybridized carbons (Fsp3) is 0.333. The van der Waals surface area contributed by atoms with E-state index in [1.807, 2.05) is 43.0 Å². The number of carbonyl (C=O) groups is 2. The van der Waals surface area contributed by atoms with Crippen molar-refractivity contribution in [3.63, 3.8) is 0 Å². The number of carbonyl (C=O) groups excluding carboxylic acids is 2. The van der Waals surface area contributed by atoms with Gasteiger partial charge in [-0.3, -0.25) is 9.59 Å². The number of ether oxygens (including phenoxy) is 1. The molecule has 0 unspecified atom stereocenters. The molecule has 2 aliphatic rings. The summed E-state index contributed by atoms with van der Waals surface area (Å²) < 4.78 is 5.01. The lowest BCUT2D eigenvalue weighted by molar-refractivity contribution is -0.143. The standard InChI is InChI=1S/C24H23N3O4/c1-4-31-20(28)10-7-11-27-18-9-6-5-8-17(18)24(2,3)19(27)12-16-21(15(13-25)14-26)23(30)22(16)29/h5-6,8-9,12,29H,4,7,10-11H2,1-3H3. The zero-order chi connectivity index (χ0) is 22.8. The van der Waals surface area contributed by atoms with Crippen LogP contribution in [0.5, 0.6) is 0 Å². The minimum Gasteiger partial charge on any atom is -0.504 e. The van der Waals surface area contributed by atoms with Crippen LogP contribution in [-0.2, 0) is 19.7 Å². The van der Waals surface area contributed by atoms with Crippen LogP contribution in [0.25, 0.3) is 0 Å². The van der Waals surface area contributed by atoms with Crippen molar-refractivity contribution < 1.29 is 19.4 Å². The number of fused-ring (bicyclic) bond motifs is 1. The number of allylic oxidation sites excluding steroid dienone is 5. The van der Waals surface area contributed by atoms with Gasteiger partial charge in [0.2, 0.25) is 5.78 Å². The highest BCUT2D eigenvalue weighted by atomic mass is 16.5. The first-order chi connectivity index (χ1) is 14.8. The number of para-hydroxylation sites is 1. The third-order valence-corrected chi connectivity index (χ3v) is 5.59. The molecule has 31 heavy (non-hydrogen) atoms. The number of Topliss-reactive ketones (excluding diaryl/α,β-unsaturated/α-hetero) is 1. The van der Waals surface area contributed by atoms with Crippen molar-refractivity contribution in [3.8, 4) is 12.1 Å². The summed E-state index contributed by atoms with van der Waals surface area (Å²) in [5, 5.41) is 28.6. The number of hydrogen-bond donors (Lipinski definition) is 1. The Hall–Kier alpha value is -3.84. The number of aliphatic hydroxyl groups is 1. The van der Waals surface area contributed by atoms with E-state index in [2.05, 4.69) is 0 Å². The predicted octanol–water partition coefficient (Wildman–Crippen LogP) is 3.75. The third-order valence-electron chi connectivity index (χ3n) is 5.59. The zero-order valence-corrected chi connectivity index (χ0v) is 17.7. The molecule has 0 amide bonds. The molecule has 1 aliphatic heterocycles. The molecule has 7 heteroatoms. The molecule has 1 aromatic rings. The summed E-state index contributed by atoms with van der Waals surface area (Å²) in [7, 11) is 0. The number of nitrogens with zero attached hydrogens (tertiary/aromatic N) is 3. The molecule has 0 radical (unpaired) electrons. The second-order valence-corrected chi connectivity index (χ2v) is 7.80. The summed E-state index contributed by atoms with van der Waals surface area (Å²) in [5.74, 6) is -1.42. The molecule has 1 aromatic carbocycles. The summed E-state index contributed by atoms with van der Waals surface area (Å²) in [6.07, 6.45) is 2.49. The maximum atomic E-state index is 12.1. The number of ketones is 1. The highest BCUT2D eigenvalue weighted by Crippen LogP contribution is 2.49. The highest BCUT2D eigenvalue weighted by Gasteiger charge is 2.42. The summed E-state index contributed by atoms with van der Waals surface area (Å²) in [6, 6.07) is 11.3. The molecule has 1 N–H and O–H groups in total. The quantitative estimate of drug-likeness (QED) is 0.426. The molecule has 0 bridgehead atoms. The van der Waals surface area contributed by atoms with Crippen LogP contribution in [0.2, 0.25) is 0 Å². The van der Waals surface area contributed by atoms with Gasteiger partial charge in [-0.15, -0.1) is 0 Å². The Bertz CT molecular complexity index is 1110. The van der Waals surface area contributed by atoms with Gasteiger partial charge < -0.3 is 14.7 Å². The minimum absolute atomic E-state index is 0.0618. The summed E-state index contributed by atoms with van der Waals surface area (Å²) in [5.41, 5.74) is 2.18. The predicted molar refractivity (Wildman–Crippen MR) is 114 cm³/mol. The van der Waals surface area contributed by atoms with Crippen LogP contribution in [0.4, 0.5) is 5.69 Å². The van der Waals surface area contributed by atoms with Crippen molar-refractivity contribution in [2.75, 3.05) is 18.1 Å². The van der Waals surface area contributed by atoms with E-state index in [9.17, 15) is 25.2 Å². The molecule has 1 aliphatic carbocycles. The average molecular weight is 417 g/mol. The van der Waals surface area contributed by atoms with Gasteiger partial charge >= 0.3 is 5.97 Å². The summed E-state index contributed by atoms with van der Waals surface area (Å²) >= 11 is 0. The van der Waals surface area contributed by atoms with E-state index < -0.39 is 17.0 Å². The molecule has 7 nitrogen and oxygen atoms in total. The largest absolute Gasteiger partial charge is 0.504 e. The minimum atomic E-state index is -0.702. The Labute approximate surface area is 181 Å². The van der Waals surface area contributed by atoms with Gasteiger partial charge in [0, 0.05) is 35.3 Å². The van der Waals surface area contributed by atoms with Crippen LogP contribution in [0.15, 0.2) is 58.5 Å². The Balaban J connectivity index is 2.04. The first kappa shape index (κ1) is 21.9. The fourth-order valence-corrected chi connectivity index (χ4v) is 4.04. The number of aliphatic hydroxyl groups excluding tert-OH is 1. The van der Waals surface area contributed by atoms with Crippen molar-refractivity contribution in [1.29, 1.82) is 10.5 Å². The number of rotatable bonds is 6. The molecule has 0 atom stereocenters. The van der Waals surface area contributed by atoms with Gasteiger partial charge in [0.15, 0.2) is 5.76 Å². The third kappa shape index (κ3) is 3.71. The zero-order valence-electron chi connectivity index (χ0n) is 17.7. The number of benzene rings is 1. The molecule has 3 rings (SSSR count). The van der Waals surface area contributed by atoms with Gasteiger partial charge in [0.25, 0.3) is 0 Å². The Morgan fingerprint density at radius 3 is 2.58 bits per heavy atom. The van der Waals surface area contributed by atoms with Crippen molar-refractivity contribution in [1.82, 2.24) is 0 Å². The second kappa shape index (κ2) is 8.49. The summed E-state index contributed by atoms with van der Waals surface area (Å²) in [4.78, 5) is 25.9. The van der Waals surface area contributed by atoms with Gasteiger partial charge in [-0.1, -0.05) is 32.0 Å². The molecule has 0 saturated heterocycles. The van der Waals surface area contributed by atoms with E-state index >= 15 is 0 Å². The van der Waals surface area contributed by atoms with Crippen molar-refractivity contribution in [2.24, 2.45) is 0 Å². The molecule has 0 aromatic heterocycles. The monoisotopic (exact) mass is 417 g/mol. The Kier molecular flexibility index (Phi) is 5.99. The van der Waals surface area contributed by atoms with Crippen LogP contribution in [0, 0.1) is 22.7 Å². The number of nitriles is 2. The van der Waals surface area contributed by atoms with Crippen LogP contribution in [0.3, 0.4) is 0 Å². The number of hydrogen-bond acceptors (Lipinski definition) is 7. The normalized spacial score (nSPS) is 17.7. The molecule has 0 spiro atoms. The SMILES string of the molecule is CCOC(=O)CCCN1C(=CC2=C(O)C(=O)C2=C(C#N)C#N)C(C)(C)c2ccccc21. The molecule has 0 fully saturated rings. The lowest BCUT2D eigenvalue weighted by Crippen LogP contribution is -2.30. The van der Waals surface area contributed by atoms with Gasteiger partial charge in [-0.05, 0) is 31.1 Å². The van der Waals surface area contributed by atoms with E-state index in [4.69, 9.17) is 4.74 Å². The average Bonchev–Trinajstić information content (AvgIpc) is 2.97. The Morgan fingerprint density at radius 1 is 1.26 bits per heavy atom. The first-order valence-corrected chi connectivity index (χ1v) is 10.1. The van der Waals surface area contributed by atoms with Crippen molar-refractivity contribution in [2.45, 2.75) is 39.0 Å². The van der Waals surface area contributed by atoms with Gasteiger partial charge in [0.1, 0.15) is 17.7 Å². The van der Waals surface area contributed by atoms with Crippen LogP contribution >= 0.6 is 0 Å². The van der Waals surface area contributed by atoms with Crippen LogP contribution in [-0.4, -0.2) is 30.0 Å². The van der Waals surface area contributed by atoms with Gasteiger partial charge in [-0.2, -0.15) is 10.5 Å². The fourth-order valence-electron chi connectivity index (χ4n) is 4.04. The smallest absolute Gasteiger partial charge is 0.305 e. The first-order valence-electron chi connectivity index (χ1n) is 10.1. The maximum absolute atomic E-state index is 12.1. The lowest BCUT2D eigenvalue weighted by atomic mass is 9.79. The molecular weight excluding hydrogens is 394 g/mol. The highest BCUT2D eigenvalue weighted by molar-refractivity contribution is 6.20. The van der Waals surface area contributed by atoms with E-state index in [1.165, 1.54) is 0 Å². The van der Waals surface area contributed by atoms with E-state index in [0.29, 0.717) is 19.6 Å². The molecule has 1 heterocycles. The van der Waals surface area contributed by atoms with Crippen LogP contribution < -0.4 is 4.90 Å². The molecular formula is C24H23N3O4. The van der Waals surface area contributed by atoms with Crippen molar-refractivity contribution >= 4 is 17.4 Å². The van der Waals surface area contributed by atoms with Crippen molar-refractivity contribution in [3.05, 3.63) is 64.1 Å². The second-order valence-electron chi connectivity index (χ2n) is 7.80. The van der Waals surface area contributed by atoms with Gasteiger partial charge in [-0.25, -0.2) is 0 Å². The van der Waals surface area contributed by atoms with E-state index in [-0.39, 0.29) is 29.1 Å². The molecule has 158 valence electrons.